The molecule has 0 unspecified atom stereocenters. The van der Waals surface area contributed by atoms with E-state index < -0.39 is 5.41 Å². The van der Waals surface area contributed by atoms with Crippen molar-refractivity contribution in [2.24, 2.45) is 0 Å². The number of rotatable bonds is 7. The Balaban J connectivity index is 1.23. The van der Waals surface area contributed by atoms with Gasteiger partial charge in [-0.15, -0.1) is 0 Å². The van der Waals surface area contributed by atoms with E-state index in [1.807, 2.05) is 0 Å². The van der Waals surface area contributed by atoms with Gasteiger partial charge in [-0.3, -0.25) is 0 Å². The summed E-state index contributed by atoms with van der Waals surface area (Å²) in [6.07, 6.45) is 0. The molecule has 15 rings (SSSR count). The predicted molar refractivity (Wildman–Crippen MR) is 307 cm³/mol. The minimum absolute atomic E-state index is 0.0949. The van der Waals surface area contributed by atoms with Crippen molar-refractivity contribution in [2.75, 3.05) is 9.80 Å². The summed E-state index contributed by atoms with van der Waals surface area (Å²) in [5.41, 5.74) is 17.3. The minimum Gasteiger partial charge on any atom is -0.0602 e. The molecule has 0 radical (unpaired) electrons. The molecule has 12 aromatic carbocycles. The van der Waals surface area contributed by atoms with Crippen LogP contribution in [0, 0.1) is 0 Å². The van der Waals surface area contributed by atoms with Crippen LogP contribution >= 0.6 is 0 Å². The summed E-state index contributed by atoms with van der Waals surface area (Å²) < 4.78 is 5.40. The third kappa shape index (κ3) is 6.12. The van der Waals surface area contributed by atoms with Gasteiger partial charge in [0.05, 0.1) is 0 Å². The molecule has 0 bridgehead atoms. The third-order valence-corrected chi connectivity index (χ3v) is 17.7. The number of anilines is 6. The van der Waals surface area contributed by atoms with Crippen molar-refractivity contribution in [1.82, 2.24) is 4.57 Å². The van der Waals surface area contributed by atoms with Gasteiger partial charge in [-0.1, -0.05) is 36.4 Å². The van der Waals surface area contributed by atoms with E-state index in [0.717, 1.165) is 50.8 Å². The van der Waals surface area contributed by atoms with E-state index >= 15 is 0 Å². The molecule has 342 valence electrons. The average Bonchev–Trinajstić information content (AvgIpc) is 4.09. The number of aromatic nitrogens is 1. The Hall–Kier alpha value is -8.92. The predicted octanol–water partition coefficient (Wildman–Crippen LogP) is 16.4. The van der Waals surface area contributed by atoms with Gasteiger partial charge in [0.1, 0.15) is 0 Å². The van der Waals surface area contributed by atoms with E-state index in [4.69, 9.17) is 0 Å². The Bertz CT molecular complexity index is 4160. The molecule has 2 aliphatic rings. The molecular formula is C69H45N3Se. The van der Waals surface area contributed by atoms with Crippen molar-refractivity contribution in [2.45, 2.75) is 5.41 Å². The summed E-state index contributed by atoms with van der Waals surface area (Å²) in [7, 11) is 0. The van der Waals surface area contributed by atoms with E-state index in [0.29, 0.717) is 0 Å². The first-order chi connectivity index (χ1) is 36.3. The average molecular weight is 995 g/mol. The van der Waals surface area contributed by atoms with Gasteiger partial charge in [0.15, 0.2) is 0 Å². The van der Waals surface area contributed by atoms with Crippen molar-refractivity contribution in [3.05, 3.63) is 295 Å². The second-order valence-corrected chi connectivity index (χ2v) is 21.4. The molecule has 0 N–H and O–H groups in total. The Kier molecular flexibility index (Phi) is 9.50. The number of nitrogens with zero attached hydrogens (tertiary/aromatic N) is 3. The first kappa shape index (κ1) is 41.8. The molecule has 13 aromatic rings. The second-order valence-electron chi connectivity index (χ2n) is 19.1. The van der Waals surface area contributed by atoms with E-state index in [2.05, 4.69) is 287 Å². The quantitative estimate of drug-likeness (QED) is 0.116. The Morgan fingerprint density at radius 3 is 1.34 bits per heavy atom. The van der Waals surface area contributed by atoms with Gasteiger partial charge in [0, 0.05) is 0 Å². The second kappa shape index (κ2) is 16.6. The van der Waals surface area contributed by atoms with Gasteiger partial charge in [-0.2, -0.15) is 0 Å². The maximum absolute atomic E-state index is 2.62. The summed E-state index contributed by atoms with van der Waals surface area (Å²) >= 11 is 0.0949. The monoisotopic (exact) mass is 995 g/mol. The molecular weight excluding hydrogens is 950 g/mol. The minimum atomic E-state index is -0.678. The van der Waals surface area contributed by atoms with E-state index in [1.54, 1.807) is 0 Å². The zero-order valence-corrected chi connectivity index (χ0v) is 41.4. The molecule has 0 atom stereocenters. The molecule has 0 fully saturated rings. The fourth-order valence-corrected chi connectivity index (χ4v) is 15.1. The molecule has 0 saturated carbocycles. The van der Waals surface area contributed by atoms with Crippen molar-refractivity contribution < 1.29 is 0 Å². The Morgan fingerprint density at radius 2 is 0.781 bits per heavy atom. The molecule has 4 heteroatoms. The van der Waals surface area contributed by atoms with Gasteiger partial charge in [0.25, 0.3) is 0 Å². The third-order valence-electron chi connectivity index (χ3n) is 15.3. The smallest absolute Gasteiger partial charge is 0.0602 e. The number of fused-ring (bicyclic) bond motifs is 18. The normalized spacial score (nSPS) is 13.0. The first-order valence-corrected chi connectivity index (χ1v) is 26.8. The van der Waals surface area contributed by atoms with Crippen LogP contribution in [-0.4, -0.2) is 19.5 Å². The maximum atomic E-state index is 2.62. The number of hydrogen-bond donors (Lipinski definition) is 0. The molecule has 1 aliphatic carbocycles. The van der Waals surface area contributed by atoms with Crippen molar-refractivity contribution in [3.63, 3.8) is 0 Å². The molecule has 1 aromatic heterocycles. The topological polar surface area (TPSA) is 11.4 Å². The van der Waals surface area contributed by atoms with E-state index in [-0.39, 0.29) is 15.0 Å². The summed E-state index contributed by atoms with van der Waals surface area (Å²) in [6.45, 7) is 0. The number of benzene rings is 12. The SMILES string of the molecule is c1ccc(N(c2ccccc2)c2ccc3c(c2)c2c4c(cc(N(c5ccccc5)c5ccccc5)c2n3-c2ccccc2)C2(c3ccccc3[Se]c3ccccc32)c2c-4c3ccccc3c3ccccc23)cc1. The summed E-state index contributed by atoms with van der Waals surface area (Å²) in [5.74, 6) is 0. The van der Waals surface area contributed by atoms with Gasteiger partial charge in [0.2, 0.25) is 0 Å². The van der Waals surface area contributed by atoms with Crippen molar-refractivity contribution in [3.8, 4) is 16.8 Å². The van der Waals surface area contributed by atoms with Gasteiger partial charge >= 0.3 is 397 Å². The zero-order valence-electron chi connectivity index (χ0n) is 39.7. The molecule has 73 heavy (non-hydrogen) atoms. The van der Waals surface area contributed by atoms with Gasteiger partial charge < -0.3 is 0 Å². The van der Waals surface area contributed by atoms with Crippen LogP contribution in [-0.2, 0) is 5.41 Å². The van der Waals surface area contributed by atoms with Crippen LogP contribution in [0.15, 0.2) is 273 Å². The van der Waals surface area contributed by atoms with Gasteiger partial charge in [-0.05, 0) is 0 Å². The molecule has 0 saturated heterocycles. The number of para-hydroxylation sites is 5. The standard InChI is InChI=1S/C69H45N3Se/c1-6-24-46(25-7-1)70(47-26-8-2-9-27-47)51-42-43-60-56(44-51)65-66-59(45-61(68(65)72(60)50-32-14-5-15-33-50)71(48-28-10-3-11-29-48)49-30-12-4-13-31-49)69(57-38-20-22-40-62(57)73-63-41-23-21-39-58(63)69)67-55-37-19-17-35-53(55)52-34-16-18-36-54(52)64(66)67/h1-45H. The molecule has 1 aliphatic heterocycles. The van der Waals surface area contributed by atoms with Crippen LogP contribution in [0.4, 0.5) is 34.1 Å². The molecule has 0 amide bonds. The van der Waals surface area contributed by atoms with Crippen LogP contribution in [0.2, 0.25) is 0 Å². The van der Waals surface area contributed by atoms with Crippen LogP contribution in [0.3, 0.4) is 0 Å². The summed E-state index contributed by atoms with van der Waals surface area (Å²) in [4.78, 5) is 4.92. The van der Waals surface area contributed by atoms with Crippen LogP contribution in [0.25, 0.3) is 60.2 Å². The Labute approximate surface area is 430 Å². The molecule has 3 nitrogen and oxygen atoms in total. The summed E-state index contributed by atoms with van der Waals surface area (Å²) in [6, 6.07) is 102. The fraction of sp³-hybridized carbons (Fsp3) is 0.0145. The van der Waals surface area contributed by atoms with E-state index in [1.165, 1.54) is 74.6 Å². The molecule has 2 heterocycles. The number of hydrogen-bond acceptors (Lipinski definition) is 2. The van der Waals surface area contributed by atoms with Crippen molar-refractivity contribution >= 4 is 101 Å². The van der Waals surface area contributed by atoms with Crippen molar-refractivity contribution in [1.29, 1.82) is 0 Å². The molecule has 1 spiro atoms. The van der Waals surface area contributed by atoms with Gasteiger partial charge in [-0.25, -0.2) is 0 Å². The van der Waals surface area contributed by atoms with E-state index in [9.17, 15) is 0 Å². The first-order valence-electron chi connectivity index (χ1n) is 25.1. The van der Waals surface area contributed by atoms with Crippen LogP contribution in [0.5, 0.6) is 0 Å². The fourth-order valence-electron chi connectivity index (χ4n) is 12.6. The van der Waals surface area contributed by atoms with Crippen LogP contribution in [0.1, 0.15) is 22.3 Å². The Morgan fingerprint density at radius 1 is 0.329 bits per heavy atom. The summed E-state index contributed by atoms with van der Waals surface area (Å²) in [5, 5.41) is 7.52. The zero-order chi connectivity index (χ0) is 48.0. The van der Waals surface area contributed by atoms with Crippen LogP contribution < -0.4 is 18.7 Å².